The summed E-state index contributed by atoms with van der Waals surface area (Å²) in [6.07, 6.45) is 11.6. The van der Waals surface area contributed by atoms with E-state index in [-0.39, 0.29) is 17.6 Å². The van der Waals surface area contributed by atoms with Crippen LogP contribution in [0.1, 0.15) is 43.6 Å². The van der Waals surface area contributed by atoms with Gasteiger partial charge in [0, 0.05) is 30.6 Å². The Labute approximate surface area is 133 Å². The van der Waals surface area contributed by atoms with Crippen LogP contribution in [0.3, 0.4) is 0 Å². The predicted molar refractivity (Wildman–Crippen MR) is 86.2 cm³/mol. The zero-order chi connectivity index (χ0) is 15.4. The van der Waals surface area contributed by atoms with Gasteiger partial charge in [-0.25, -0.2) is 0 Å². The molecule has 0 saturated heterocycles. The summed E-state index contributed by atoms with van der Waals surface area (Å²) in [5.74, 6) is 1.23. The molecule has 0 spiro atoms. The molecule has 0 aromatic heterocycles. The van der Waals surface area contributed by atoms with Crippen LogP contribution in [0.4, 0.5) is 0 Å². The van der Waals surface area contributed by atoms with Gasteiger partial charge in [0.25, 0.3) is 0 Å². The van der Waals surface area contributed by atoms with Gasteiger partial charge in [-0.1, -0.05) is 36.8 Å². The largest absolute Gasteiger partial charge is 0.299 e. The molecule has 5 radical (unpaired) electrons. The SMILES string of the molecule is O=C(CC(c1ccccc1)C1CCCCC1=O)[C]1[CH][CH][CH][CH]1. The molecular weight excluding hydrogens is 272 g/mol. The van der Waals surface area contributed by atoms with E-state index in [1.807, 2.05) is 56.0 Å². The normalized spacial score (nSPS) is 24.4. The third-order valence-electron chi connectivity index (χ3n) is 4.71. The molecule has 2 atom stereocenters. The quantitative estimate of drug-likeness (QED) is 0.825. The van der Waals surface area contributed by atoms with E-state index in [4.69, 9.17) is 0 Å². The van der Waals surface area contributed by atoms with Crippen molar-refractivity contribution >= 4 is 11.6 Å². The molecule has 2 fully saturated rings. The number of rotatable bonds is 5. The molecule has 2 heteroatoms. The maximum absolute atomic E-state index is 12.5. The summed E-state index contributed by atoms with van der Waals surface area (Å²) < 4.78 is 0. The molecular formula is C20H21O2. The summed E-state index contributed by atoms with van der Waals surface area (Å²) in [4.78, 5) is 24.9. The van der Waals surface area contributed by atoms with Crippen molar-refractivity contribution in [3.8, 4) is 0 Å². The second-order valence-electron chi connectivity index (χ2n) is 6.14. The monoisotopic (exact) mass is 293 g/mol. The molecule has 113 valence electrons. The highest BCUT2D eigenvalue weighted by Gasteiger charge is 2.35. The predicted octanol–water partition coefficient (Wildman–Crippen LogP) is 3.89. The van der Waals surface area contributed by atoms with Gasteiger partial charge in [0.1, 0.15) is 11.6 Å². The third kappa shape index (κ3) is 3.48. The van der Waals surface area contributed by atoms with Crippen LogP contribution in [-0.4, -0.2) is 11.6 Å². The number of hydrogen-bond acceptors (Lipinski definition) is 2. The number of carbonyl (C=O) groups is 2. The lowest BCUT2D eigenvalue weighted by Gasteiger charge is -2.29. The van der Waals surface area contributed by atoms with Crippen LogP contribution in [-0.2, 0) is 9.59 Å². The van der Waals surface area contributed by atoms with Crippen molar-refractivity contribution in [2.24, 2.45) is 5.92 Å². The van der Waals surface area contributed by atoms with Gasteiger partial charge in [0.15, 0.2) is 0 Å². The van der Waals surface area contributed by atoms with E-state index in [9.17, 15) is 9.59 Å². The molecule has 3 rings (SSSR count). The molecule has 0 heterocycles. The summed E-state index contributed by atoms with van der Waals surface area (Å²) >= 11 is 0. The Bertz CT molecular complexity index is 514. The van der Waals surface area contributed by atoms with E-state index < -0.39 is 0 Å². The van der Waals surface area contributed by atoms with Crippen molar-refractivity contribution in [1.29, 1.82) is 0 Å². The van der Waals surface area contributed by atoms with Crippen LogP contribution >= 0.6 is 0 Å². The zero-order valence-electron chi connectivity index (χ0n) is 12.7. The van der Waals surface area contributed by atoms with E-state index in [2.05, 4.69) is 0 Å². The standard InChI is InChI=1S/C20H21O2/c21-19-13-7-6-12-17(19)18(15-8-2-1-3-9-15)14-20(22)16-10-4-5-11-16/h1-5,8-11,17-18H,6-7,12-14H2. The zero-order valence-corrected chi connectivity index (χ0v) is 12.7. The molecule has 0 amide bonds. The third-order valence-corrected chi connectivity index (χ3v) is 4.71. The molecule has 1 aromatic carbocycles. The van der Waals surface area contributed by atoms with Gasteiger partial charge in [0.2, 0.25) is 0 Å². The Hall–Kier alpha value is -1.44. The van der Waals surface area contributed by atoms with Gasteiger partial charge in [-0.15, -0.1) is 0 Å². The van der Waals surface area contributed by atoms with Gasteiger partial charge in [-0.05, 0) is 44.1 Å². The van der Waals surface area contributed by atoms with Crippen molar-refractivity contribution in [3.05, 3.63) is 67.5 Å². The van der Waals surface area contributed by atoms with Gasteiger partial charge in [0.05, 0.1) is 0 Å². The number of hydrogen-bond donors (Lipinski definition) is 0. The molecule has 2 aliphatic carbocycles. The van der Waals surface area contributed by atoms with Gasteiger partial charge < -0.3 is 0 Å². The van der Waals surface area contributed by atoms with Crippen molar-refractivity contribution in [2.75, 3.05) is 0 Å². The Morgan fingerprint density at radius 1 is 1.09 bits per heavy atom. The minimum atomic E-state index is -0.00457. The van der Waals surface area contributed by atoms with E-state index in [0.29, 0.717) is 18.6 Å². The molecule has 22 heavy (non-hydrogen) atoms. The maximum atomic E-state index is 12.5. The fourth-order valence-corrected chi connectivity index (χ4v) is 3.51. The minimum absolute atomic E-state index is 0.00457. The lowest BCUT2D eigenvalue weighted by molar-refractivity contribution is -0.126. The first-order chi connectivity index (χ1) is 10.8. The highest BCUT2D eigenvalue weighted by molar-refractivity contribution is 5.98. The molecule has 2 unspecified atom stereocenters. The van der Waals surface area contributed by atoms with Gasteiger partial charge >= 0.3 is 0 Å². The molecule has 0 N–H and O–H groups in total. The maximum Gasteiger partial charge on any atom is 0.141 e. The van der Waals surface area contributed by atoms with Crippen LogP contribution in [0.15, 0.2) is 30.3 Å². The smallest absolute Gasteiger partial charge is 0.141 e. The molecule has 2 nitrogen and oxygen atoms in total. The van der Waals surface area contributed by atoms with Crippen LogP contribution in [0.2, 0.25) is 0 Å². The molecule has 2 aliphatic rings. The van der Waals surface area contributed by atoms with Gasteiger partial charge in [-0.3, -0.25) is 9.59 Å². The van der Waals surface area contributed by atoms with Crippen LogP contribution in [0.25, 0.3) is 0 Å². The average molecular weight is 293 g/mol. The number of carbonyl (C=O) groups excluding carboxylic acids is 2. The fourth-order valence-electron chi connectivity index (χ4n) is 3.51. The van der Waals surface area contributed by atoms with E-state index >= 15 is 0 Å². The molecule has 1 aromatic rings. The highest BCUT2D eigenvalue weighted by atomic mass is 16.1. The Kier molecular flexibility index (Phi) is 5.07. The Morgan fingerprint density at radius 3 is 2.50 bits per heavy atom. The second kappa shape index (κ2) is 7.21. The van der Waals surface area contributed by atoms with Crippen molar-refractivity contribution in [3.63, 3.8) is 0 Å². The van der Waals surface area contributed by atoms with Gasteiger partial charge in [-0.2, -0.15) is 0 Å². The minimum Gasteiger partial charge on any atom is -0.299 e. The van der Waals surface area contributed by atoms with E-state index in [1.54, 1.807) is 0 Å². The number of benzene rings is 1. The second-order valence-corrected chi connectivity index (χ2v) is 6.14. The summed E-state index contributed by atoms with van der Waals surface area (Å²) in [7, 11) is 0. The number of ketones is 2. The topological polar surface area (TPSA) is 34.1 Å². The first kappa shape index (κ1) is 15.5. The van der Waals surface area contributed by atoms with Crippen LogP contribution in [0.5, 0.6) is 0 Å². The van der Waals surface area contributed by atoms with E-state index in [1.165, 1.54) is 0 Å². The summed E-state index contributed by atoms with van der Waals surface area (Å²) in [5, 5.41) is 0. The van der Waals surface area contributed by atoms with Crippen molar-refractivity contribution in [2.45, 2.75) is 38.0 Å². The molecule has 0 bridgehead atoms. The fraction of sp³-hybridized carbons (Fsp3) is 0.350. The number of Topliss-reactive ketones (excluding diaryl/α,β-unsaturated/α-hetero) is 2. The molecule has 2 saturated carbocycles. The lowest BCUT2D eigenvalue weighted by Crippen LogP contribution is -2.28. The summed E-state index contributed by atoms with van der Waals surface area (Å²) in [6, 6.07) is 10.0. The first-order valence-corrected chi connectivity index (χ1v) is 8.08. The highest BCUT2D eigenvalue weighted by Crippen LogP contribution is 2.38. The summed E-state index contributed by atoms with van der Waals surface area (Å²) in [5.41, 5.74) is 1.11. The van der Waals surface area contributed by atoms with Crippen LogP contribution < -0.4 is 0 Å². The Morgan fingerprint density at radius 2 is 1.82 bits per heavy atom. The van der Waals surface area contributed by atoms with Crippen molar-refractivity contribution in [1.82, 2.24) is 0 Å². The summed E-state index contributed by atoms with van der Waals surface area (Å²) in [6.45, 7) is 0. The van der Waals surface area contributed by atoms with Crippen LogP contribution in [0, 0.1) is 37.5 Å². The van der Waals surface area contributed by atoms with E-state index in [0.717, 1.165) is 30.7 Å². The Balaban J connectivity index is 1.79. The molecule has 0 aliphatic heterocycles. The average Bonchev–Trinajstić information content (AvgIpc) is 3.09. The first-order valence-electron chi connectivity index (χ1n) is 8.08. The lowest BCUT2D eigenvalue weighted by atomic mass is 9.73. The van der Waals surface area contributed by atoms with Crippen molar-refractivity contribution < 1.29 is 9.59 Å².